The molecule has 0 atom stereocenters. The van der Waals surface area contributed by atoms with E-state index in [1.807, 2.05) is 0 Å². The predicted octanol–water partition coefficient (Wildman–Crippen LogP) is 0.322. The lowest BCUT2D eigenvalue weighted by atomic mass is 10.2. The Morgan fingerprint density at radius 3 is 2.78 bits per heavy atom. The fraction of sp³-hybridized carbons (Fsp3) is 0.182. The quantitative estimate of drug-likeness (QED) is 0.670. The van der Waals surface area contributed by atoms with Gasteiger partial charge in [-0.15, -0.1) is 11.3 Å². The number of amides is 2. The van der Waals surface area contributed by atoms with Crippen LogP contribution in [0.3, 0.4) is 0 Å². The fourth-order valence-corrected chi connectivity index (χ4v) is 1.93. The lowest BCUT2D eigenvalue weighted by molar-refractivity contribution is -0.131. The third kappa shape index (κ3) is 4.02. The van der Waals surface area contributed by atoms with Gasteiger partial charge in [-0.25, -0.2) is 4.79 Å². The van der Waals surface area contributed by atoms with Gasteiger partial charge in [0.05, 0.1) is 11.4 Å². The lowest BCUT2D eigenvalue weighted by Gasteiger charge is -2.03. The molecule has 6 nitrogen and oxygen atoms in total. The van der Waals surface area contributed by atoms with Crippen LogP contribution in [0, 0.1) is 0 Å². The number of carboxylic acid groups (broad SMARTS) is 1. The highest BCUT2D eigenvalue weighted by Gasteiger charge is 2.12. The van der Waals surface area contributed by atoms with Crippen LogP contribution in [0.25, 0.3) is 6.08 Å². The Morgan fingerprint density at radius 1 is 1.44 bits per heavy atom. The summed E-state index contributed by atoms with van der Waals surface area (Å²) in [5.41, 5.74) is 0.511. The van der Waals surface area contributed by atoms with Crippen molar-refractivity contribution in [1.29, 1.82) is 0 Å². The number of hydrogen-bond acceptors (Lipinski definition) is 4. The lowest BCUT2D eigenvalue weighted by Crippen LogP contribution is -2.35. The summed E-state index contributed by atoms with van der Waals surface area (Å²) in [5, 5.41) is 15.0. The summed E-state index contributed by atoms with van der Waals surface area (Å²) in [7, 11) is 1.47. The first-order valence-electron chi connectivity index (χ1n) is 5.02. The standard InChI is InChI=1S/C11H12N2O4S/c1-12-8(14)6-13-11(17)10-7(4-5-18-10)2-3-9(15)16/h2-5H,6H2,1H3,(H,12,14)(H,13,17)(H,15,16). The number of likely N-dealkylation sites (N-methyl/N-ethyl adjacent to an activating group) is 1. The van der Waals surface area contributed by atoms with Gasteiger partial charge in [0.1, 0.15) is 0 Å². The van der Waals surface area contributed by atoms with Gasteiger partial charge < -0.3 is 15.7 Å². The molecular formula is C11H12N2O4S. The second-order valence-electron chi connectivity index (χ2n) is 3.23. The molecule has 0 aromatic carbocycles. The molecule has 0 aliphatic rings. The normalized spacial score (nSPS) is 10.3. The van der Waals surface area contributed by atoms with Crippen LogP contribution in [-0.4, -0.2) is 36.5 Å². The molecule has 1 rings (SSSR count). The van der Waals surface area contributed by atoms with Crippen LogP contribution >= 0.6 is 11.3 Å². The number of thiophene rings is 1. The summed E-state index contributed by atoms with van der Waals surface area (Å²) in [5.74, 6) is -1.79. The highest BCUT2D eigenvalue weighted by Crippen LogP contribution is 2.18. The molecule has 0 radical (unpaired) electrons. The summed E-state index contributed by atoms with van der Waals surface area (Å²) >= 11 is 1.18. The summed E-state index contributed by atoms with van der Waals surface area (Å²) in [6, 6.07) is 1.64. The topological polar surface area (TPSA) is 95.5 Å². The van der Waals surface area contributed by atoms with Gasteiger partial charge in [-0.3, -0.25) is 9.59 Å². The molecular weight excluding hydrogens is 256 g/mol. The second-order valence-corrected chi connectivity index (χ2v) is 4.15. The van der Waals surface area contributed by atoms with E-state index in [1.54, 1.807) is 11.4 Å². The predicted molar refractivity (Wildman–Crippen MR) is 67.4 cm³/mol. The molecule has 0 saturated heterocycles. The molecule has 7 heteroatoms. The first-order valence-corrected chi connectivity index (χ1v) is 5.90. The fourth-order valence-electron chi connectivity index (χ4n) is 1.13. The Bertz CT molecular complexity index is 493. The average molecular weight is 268 g/mol. The smallest absolute Gasteiger partial charge is 0.328 e. The minimum absolute atomic E-state index is 0.116. The number of nitrogens with one attached hydrogen (secondary N) is 2. The van der Waals surface area contributed by atoms with Crippen LogP contribution < -0.4 is 10.6 Å². The largest absolute Gasteiger partial charge is 0.478 e. The third-order valence-electron chi connectivity index (χ3n) is 2.00. The molecule has 96 valence electrons. The highest BCUT2D eigenvalue weighted by atomic mass is 32.1. The summed E-state index contributed by atoms with van der Waals surface area (Å²) in [6.07, 6.45) is 2.30. The van der Waals surface area contributed by atoms with E-state index in [0.717, 1.165) is 6.08 Å². The van der Waals surface area contributed by atoms with Gasteiger partial charge in [-0.2, -0.15) is 0 Å². The minimum Gasteiger partial charge on any atom is -0.478 e. The van der Waals surface area contributed by atoms with Gasteiger partial charge >= 0.3 is 5.97 Å². The molecule has 1 aromatic heterocycles. The zero-order chi connectivity index (χ0) is 13.5. The number of carbonyl (C=O) groups is 3. The number of carboxylic acids is 1. The Kier molecular flexibility index (Phi) is 5.06. The second kappa shape index (κ2) is 6.55. The summed E-state index contributed by atoms with van der Waals surface area (Å²) < 4.78 is 0. The SMILES string of the molecule is CNC(=O)CNC(=O)c1sccc1C=CC(=O)O. The molecule has 1 aromatic rings. The molecule has 18 heavy (non-hydrogen) atoms. The van der Waals surface area contributed by atoms with Crippen LogP contribution in [0.1, 0.15) is 15.2 Å². The van der Waals surface area contributed by atoms with E-state index in [-0.39, 0.29) is 12.5 Å². The molecule has 0 unspecified atom stereocenters. The molecule has 1 heterocycles. The molecule has 0 aliphatic carbocycles. The molecule has 2 amide bonds. The van der Waals surface area contributed by atoms with E-state index >= 15 is 0 Å². The van der Waals surface area contributed by atoms with E-state index in [9.17, 15) is 14.4 Å². The van der Waals surface area contributed by atoms with E-state index in [4.69, 9.17) is 5.11 Å². The van der Waals surface area contributed by atoms with Gasteiger partial charge in [-0.1, -0.05) is 0 Å². The molecule has 3 N–H and O–H groups in total. The zero-order valence-corrected chi connectivity index (χ0v) is 10.4. The Hall–Kier alpha value is -2.15. The third-order valence-corrected chi connectivity index (χ3v) is 2.92. The number of hydrogen-bond donors (Lipinski definition) is 3. The van der Waals surface area contributed by atoms with E-state index < -0.39 is 11.9 Å². The monoisotopic (exact) mass is 268 g/mol. The van der Waals surface area contributed by atoms with Crippen molar-refractivity contribution in [3.63, 3.8) is 0 Å². The van der Waals surface area contributed by atoms with Crippen LogP contribution in [0.2, 0.25) is 0 Å². The minimum atomic E-state index is -1.09. The van der Waals surface area contributed by atoms with Crippen molar-refractivity contribution in [3.05, 3.63) is 28.0 Å². The first-order chi connectivity index (χ1) is 8.54. The maximum Gasteiger partial charge on any atom is 0.328 e. The highest BCUT2D eigenvalue weighted by molar-refractivity contribution is 7.12. The van der Waals surface area contributed by atoms with Crippen molar-refractivity contribution in [1.82, 2.24) is 10.6 Å². The number of rotatable bonds is 5. The maximum absolute atomic E-state index is 11.7. The average Bonchev–Trinajstić information content (AvgIpc) is 2.81. The molecule has 0 fully saturated rings. The van der Waals surface area contributed by atoms with Crippen molar-refractivity contribution in [3.8, 4) is 0 Å². The van der Waals surface area contributed by atoms with E-state index in [0.29, 0.717) is 10.4 Å². The Balaban J connectivity index is 2.72. The van der Waals surface area contributed by atoms with Crippen LogP contribution in [0.15, 0.2) is 17.5 Å². The van der Waals surface area contributed by atoms with Gasteiger partial charge in [0.25, 0.3) is 5.91 Å². The van der Waals surface area contributed by atoms with Crippen LogP contribution in [0.4, 0.5) is 0 Å². The van der Waals surface area contributed by atoms with Crippen molar-refractivity contribution in [2.24, 2.45) is 0 Å². The van der Waals surface area contributed by atoms with E-state index in [1.165, 1.54) is 24.5 Å². The number of aliphatic carboxylic acids is 1. The van der Waals surface area contributed by atoms with Gasteiger partial charge in [0, 0.05) is 13.1 Å². The Morgan fingerprint density at radius 2 is 2.17 bits per heavy atom. The van der Waals surface area contributed by atoms with Gasteiger partial charge in [-0.05, 0) is 23.1 Å². The van der Waals surface area contributed by atoms with Gasteiger partial charge in [0.15, 0.2) is 0 Å². The Labute approximate surface area is 107 Å². The molecule has 0 saturated carbocycles. The van der Waals surface area contributed by atoms with Crippen LogP contribution in [-0.2, 0) is 9.59 Å². The maximum atomic E-state index is 11.7. The summed E-state index contributed by atoms with van der Waals surface area (Å²) in [4.78, 5) is 33.5. The summed E-state index contributed by atoms with van der Waals surface area (Å²) in [6.45, 7) is -0.116. The van der Waals surface area contributed by atoms with Crippen molar-refractivity contribution in [2.75, 3.05) is 13.6 Å². The molecule has 0 aliphatic heterocycles. The number of carbonyl (C=O) groups excluding carboxylic acids is 2. The van der Waals surface area contributed by atoms with Crippen LogP contribution in [0.5, 0.6) is 0 Å². The van der Waals surface area contributed by atoms with Crippen molar-refractivity contribution >= 4 is 35.2 Å². The molecule has 0 spiro atoms. The van der Waals surface area contributed by atoms with Crippen molar-refractivity contribution in [2.45, 2.75) is 0 Å². The van der Waals surface area contributed by atoms with E-state index in [2.05, 4.69) is 10.6 Å². The zero-order valence-electron chi connectivity index (χ0n) is 9.60. The first kappa shape index (κ1) is 13.9. The van der Waals surface area contributed by atoms with Gasteiger partial charge in [0.2, 0.25) is 5.91 Å². The molecule has 0 bridgehead atoms. The van der Waals surface area contributed by atoms with Crippen molar-refractivity contribution < 1.29 is 19.5 Å².